The second-order valence-corrected chi connectivity index (χ2v) is 13.9. The van der Waals surface area contributed by atoms with Crippen molar-refractivity contribution < 1.29 is 24.2 Å². The van der Waals surface area contributed by atoms with Crippen molar-refractivity contribution in [2.75, 3.05) is 11.9 Å². The number of hydrogen-bond acceptors (Lipinski definition) is 5. The van der Waals surface area contributed by atoms with Crippen LogP contribution in [0.25, 0.3) is 0 Å². The lowest BCUT2D eigenvalue weighted by atomic mass is 9.96. The second kappa shape index (κ2) is 17.9. The van der Waals surface area contributed by atoms with Gasteiger partial charge in [-0.1, -0.05) is 93.1 Å². The molecule has 3 amide bonds. The largest absolute Gasteiger partial charge is 0.508 e. The fourth-order valence-corrected chi connectivity index (χ4v) is 5.81. The quantitative estimate of drug-likeness (QED) is 0.139. The van der Waals surface area contributed by atoms with E-state index in [0.29, 0.717) is 29.2 Å². The maximum Gasteiger partial charge on any atom is 0.408 e. The number of alkyl carbamates (subject to hydrolysis) is 1. The number of hydrogen-bond donors (Lipinski definition) is 3. The van der Waals surface area contributed by atoms with Crippen LogP contribution in [-0.4, -0.2) is 46.1 Å². The molecule has 3 aromatic carbocycles. The number of amides is 3. The number of phenolic OH excluding ortho intramolecular Hbond substituents is 1. The first kappa shape index (κ1) is 38.4. The second-order valence-electron chi connectivity index (χ2n) is 13.5. The zero-order valence-electron chi connectivity index (χ0n) is 29.5. The highest BCUT2D eigenvalue weighted by molar-refractivity contribution is 6.34. The van der Waals surface area contributed by atoms with Crippen LogP contribution in [0.3, 0.4) is 0 Å². The van der Waals surface area contributed by atoms with Crippen molar-refractivity contribution in [1.29, 1.82) is 0 Å². The third kappa shape index (κ3) is 11.6. The number of aryl methyl sites for hydroxylation is 3. The molecule has 0 aliphatic carbocycles. The predicted octanol–water partition coefficient (Wildman–Crippen LogP) is 8.98. The van der Waals surface area contributed by atoms with E-state index in [-0.39, 0.29) is 12.2 Å². The Morgan fingerprint density at radius 3 is 2.17 bits per heavy atom. The number of benzene rings is 3. The Kier molecular flexibility index (Phi) is 14.3. The average Bonchev–Trinajstić information content (AvgIpc) is 3.01. The molecule has 3 aromatic rings. The van der Waals surface area contributed by atoms with Crippen LogP contribution in [-0.2, 0) is 20.7 Å². The van der Waals surface area contributed by atoms with E-state index in [0.717, 1.165) is 54.4 Å². The van der Waals surface area contributed by atoms with E-state index in [1.165, 1.54) is 12.1 Å². The zero-order chi connectivity index (χ0) is 35.4. The van der Waals surface area contributed by atoms with Crippen molar-refractivity contribution in [3.05, 3.63) is 93.5 Å². The summed E-state index contributed by atoms with van der Waals surface area (Å²) in [4.78, 5) is 44.0. The maximum absolute atomic E-state index is 14.8. The van der Waals surface area contributed by atoms with Crippen LogP contribution in [0.4, 0.5) is 10.5 Å². The molecule has 0 saturated carbocycles. The van der Waals surface area contributed by atoms with E-state index < -0.39 is 35.6 Å². The lowest BCUT2D eigenvalue weighted by Crippen LogP contribution is -2.53. The van der Waals surface area contributed by atoms with Crippen LogP contribution in [0.15, 0.2) is 60.7 Å². The molecule has 3 N–H and O–H groups in total. The maximum atomic E-state index is 14.8. The summed E-state index contributed by atoms with van der Waals surface area (Å²) in [6, 6.07) is 15.6. The Labute approximate surface area is 291 Å². The van der Waals surface area contributed by atoms with Crippen LogP contribution in [0.2, 0.25) is 5.02 Å². The summed E-state index contributed by atoms with van der Waals surface area (Å²) in [7, 11) is 0. The van der Waals surface area contributed by atoms with Crippen molar-refractivity contribution in [1.82, 2.24) is 10.2 Å². The number of unbranched alkanes of at least 4 members (excludes halogenated alkanes) is 5. The molecule has 0 fully saturated rings. The highest BCUT2D eigenvalue weighted by Gasteiger charge is 2.37. The third-order valence-electron chi connectivity index (χ3n) is 8.28. The Bertz CT molecular complexity index is 1510. The van der Waals surface area contributed by atoms with Crippen LogP contribution < -0.4 is 10.6 Å². The first-order valence-electron chi connectivity index (χ1n) is 16.9. The topological polar surface area (TPSA) is 108 Å². The van der Waals surface area contributed by atoms with Gasteiger partial charge in [0.05, 0.1) is 10.7 Å². The van der Waals surface area contributed by atoms with Crippen molar-refractivity contribution in [2.45, 2.75) is 111 Å². The van der Waals surface area contributed by atoms with Gasteiger partial charge in [0, 0.05) is 13.0 Å². The molecule has 0 bridgehead atoms. The van der Waals surface area contributed by atoms with Gasteiger partial charge < -0.3 is 25.4 Å². The van der Waals surface area contributed by atoms with Gasteiger partial charge in [0.25, 0.3) is 5.91 Å². The van der Waals surface area contributed by atoms with E-state index in [4.69, 9.17) is 16.3 Å². The van der Waals surface area contributed by atoms with Crippen LogP contribution >= 0.6 is 11.6 Å². The smallest absolute Gasteiger partial charge is 0.408 e. The number of carbonyl (C=O) groups excluding carboxylic acids is 3. The van der Waals surface area contributed by atoms with Gasteiger partial charge >= 0.3 is 6.09 Å². The predicted molar refractivity (Wildman–Crippen MR) is 194 cm³/mol. The highest BCUT2D eigenvalue weighted by Crippen LogP contribution is 2.31. The molecule has 9 heteroatoms. The fraction of sp³-hybridized carbons (Fsp3) is 0.462. The summed E-state index contributed by atoms with van der Waals surface area (Å²) in [6.07, 6.45) is 5.32. The molecule has 0 spiro atoms. The molecular formula is C39H52ClN3O5. The molecule has 3 rings (SSSR count). The summed E-state index contributed by atoms with van der Waals surface area (Å²) < 4.78 is 5.56. The third-order valence-corrected chi connectivity index (χ3v) is 8.59. The minimum absolute atomic E-state index is 0.0905. The highest BCUT2D eigenvalue weighted by atomic mass is 35.5. The van der Waals surface area contributed by atoms with Gasteiger partial charge in [-0.25, -0.2) is 4.79 Å². The Hall–Kier alpha value is -4.04. The molecule has 0 aliphatic rings. The SMILES string of the molecule is CCCCCCCCN(C(=O)C(Cc1ccc(O)cc1)NC(=O)OC(C)(C)C)C(C(=O)Nc1c(C)cccc1Cl)c1ccc(C)c(C)c1. The average molecular weight is 678 g/mol. The van der Waals surface area contributed by atoms with Gasteiger partial charge in [0.1, 0.15) is 23.4 Å². The number of rotatable bonds is 15. The molecule has 0 aromatic heterocycles. The molecule has 8 nitrogen and oxygen atoms in total. The van der Waals surface area contributed by atoms with Crippen LogP contribution in [0.5, 0.6) is 5.75 Å². The lowest BCUT2D eigenvalue weighted by Gasteiger charge is -2.35. The first-order chi connectivity index (χ1) is 22.7. The van der Waals surface area contributed by atoms with Gasteiger partial charge in [-0.05, 0) is 94.0 Å². The monoisotopic (exact) mass is 677 g/mol. The number of nitrogens with zero attached hydrogens (tertiary/aromatic N) is 1. The number of aromatic hydroxyl groups is 1. The van der Waals surface area contributed by atoms with Gasteiger partial charge in [-0.2, -0.15) is 0 Å². The lowest BCUT2D eigenvalue weighted by molar-refractivity contribution is -0.140. The van der Waals surface area contributed by atoms with E-state index in [9.17, 15) is 19.5 Å². The Morgan fingerprint density at radius 1 is 0.875 bits per heavy atom. The van der Waals surface area contributed by atoms with Crippen molar-refractivity contribution >= 4 is 35.2 Å². The first-order valence-corrected chi connectivity index (χ1v) is 17.3. The molecule has 48 heavy (non-hydrogen) atoms. The summed E-state index contributed by atoms with van der Waals surface area (Å²) in [6.45, 7) is 13.6. The van der Waals surface area contributed by atoms with Gasteiger partial charge in [-0.3, -0.25) is 9.59 Å². The number of halogens is 1. The van der Waals surface area contributed by atoms with Crippen molar-refractivity contribution in [3.8, 4) is 5.75 Å². The number of para-hydroxylation sites is 1. The van der Waals surface area contributed by atoms with Gasteiger partial charge in [-0.15, -0.1) is 0 Å². The molecule has 0 saturated heterocycles. The van der Waals surface area contributed by atoms with Gasteiger partial charge in [0.2, 0.25) is 5.91 Å². The molecule has 0 heterocycles. The number of ether oxygens (including phenoxy) is 1. The molecular weight excluding hydrogens is 626 g/mol. The summed E-state index contributed by atoms with van der Waals surface area (Å²) in [5, 5.41) is 16.1. The summed E-state index contributed by atoms with van der Waals surface area (Å²) in [5.74, 6) is -0.737. The van der Waals surface area contributed by atoms with E-state index in [1.54, 1.807) is 43.9 Å². The minimum atomic E-state index is -1.06. The van der Waals surface area contributed by atoms with Crippen molar-refractivity contribution in [3.63, 3.8) is 0 Å². The Balaban J connectivity index is 2.11. The molecule has 0 radical (unpaired) electrons. The summed E-state index contributed by atoms with van der Waals surface area (Å²) in [5.41, 5.74) is 3.91. The number of phenols is 1. The Morgan fingerprint density at radius 2 is 1.54 bits per heavy atom. The number of anilines is 1. The van der Waals surface area contributed by atoms with E-state index in [1.807, 2.05) is 51.1 Å². The summed E-state index contributed by atoms with van der Waals surface area (Å²) >= 11 is 6.54. The molecule has 2 unspecified atom stereocenters. The fourth-order valence-electron chi connectivity index (χ4n) is 5.54. The number of carbonyl (C=O) groups is 3. The molecule has 260 valence electrons. The molecule has 2 atom stereocenters. The van der Waals surface area contributed by atoms with Gasteiger partial charge in [0.15, 0.2) is 0 Å². The van der Waals surface area contributed by atoms with Crippen molar-refractivity contribution in [2.24, 2.45) is 0 Å². The minimum Gasteiger partial charge on any atom is -0.508 e. The molecule has 0 aliphatic heterocycles. The van der Waals surface area contributed by atoms with E-state index >= 15 is 0 Å². The normalized spacial score (nSPS) is 12.6. The number of nitrogens with one attached hydrogen (secondary N) is 2. The van der Waals surface area contributed by atoms with E-state index in [2.05, 4.69) is 17.6 Å². The van der Waals surface area contributed by atoms with Crippen LogP contribution in [0, 0.1) is 20.8 Å². The standard InChI is InChI=1S/C39H52ClN3O5/c1-8-9-10-11-12-13-23-43(37(46)33(41-38(47)48-39(5,6)7)25-29-18-21-31(44)22-19-29)35(30-20-17-26(2)28(4)24-30)36(45)42-34-27(3)15-14-16-32(34)40/h14-22,24,33,35,44H,8-13,23,25H2,1-7H3,(H,41,47)(H,42,45). The zero-order valence-corrected chi connectivity index (χ0v) is 30.2. The van der Waals surface area contributed by atoms with Crippen LogP contribution in [0.1, 0.15) is 100 Å².